The molecule has 0 saturated heterocycles. The fourth-order valence-electron chi connectivity index (χ4n) is 2.60. The highest BCUT2D eigenvalue weighted by atomic mass is 19.1. The fourth-order valence-corrected chi connectivity index (χ4v) is 2.60. The Morgan fingerprint density at radius 3 is 2.65 bits per heavy atom. The molecule has 6 heteroatoms. The number of carboxylic acid groups (broad SMARTS) is 1. The molecule has 2 aromatic carbocycles. The Balaban J connectivity index is 2.50. The van der Waals surface area contributed by atoms with Gasteiger partial charge in [-0.15, -0.1) is 0 Å². The van der Waals surface area contributed by atoms with Gasteiger partial charge in [-0.2, -0.15) is 0 Å². The third-order valence-corrected chi connectivity index (χ3v) is 3.57. The van der Waals surface area contributed by atoms with E-state index in [1.807, 2.05) is 0 Å². The van der Waals surface area contributed by atoms with Crippen molar-refractivity contribution in [1.29, 1.82) is 0 Å². The molecule has 0 fully saturated rings. The van der Waals surface area contributed by atoms with E-state index in [0.29, 0.717) is 11.3 Å². The number of fused-ring (bicyclic) bond motifs is 1. The van der Waals surface area contributed by atoms with Crippen LogP contribution in [0.15, 0.2) is 47.3 Å². The maximum atomic E-state index is 13.6. The van der Waals surface area contributed by atoms with Crippen molar-refractivity contribution < 1.29 is 19.0 Å². The number of aromatic amines is 1. The van der Waals surface area contributed by atoms with E-state index in [2.05, 4.69) is 4.98 Å². The van der Waals surface area contributed by atoms with Crippen molar-refractivity contribution in [3.8, 4) is 16.9 Å². The molecule has 3 rings (SSSR count). The van der Waals surface area contributed by atoms with Crippen LogP contribution in [0.4, 0.5) is 4.39 Å². The van der Waals surface area contributed by atoms with Crippen LogP contribution in [-0.2, 0) is 0 Å². The molecule has 0 bridgehead atoms. The summed E-state index contributed by atoms with van der Waals surface area (Å²) in [4.78, 5) is 26.8. The summed E-state index contributed by atoms with van der Waals surface area (Å²) in [6.45, 7) is 0. The third-order valence-electron chi connectivity index (χ3n) is 3.57. The van der Waals surface area contributed by atoms with Crippen molar-refractivity contribution in [3.63, 3.8) is 0 Å². The van der Waals surface area contributed by atoms with Crippen molar-refractivity contribution in [2.75, 3.05) is 7.11 Å². The van der Waals surface area contributed by atoms with E-state index in [0.717, 1.165) is 12.1 Å². The molecule has 0 amide bonds. The van der Waals surface area contributed by atoms with E-state index in [1.165, 1.54) is 13.2 Å². The maximum Gasteiger partial charge on any atom is 0.337 e. The number of carboxylic acids is 1. The molecule has 1 aromatic heterocycles. The second-order valence-corrected chi connectivity index (χ2v) is 4.90. The number of hydrogen-bond donors (Lipinski definition) is 2. The molecule has 23 heavy (non-hydrogen) atoms. The lowest BCUT2D eigenvalue weighted by Gasteiger charge is -2.12. The SMILES string of the molecule is COc1ccccc1-c1c(C(=O)O)c2cc(F)ccc2[nH]c1=O. The van der Waals surface area contributed by atoms with Gasteiger partial charge in [0, 0.05) is 16.5 Å². The highest BCUT2D eigenvalue weighted by Crippen LogP contribution is 2.32. The van der Waals surface area contributed by atoms with E-state index >= 15 is 0 Å². The Hall–Kier alpha value is -3.15. The number of H-pyrrole nitrogens is 1. The zero-order chi connectivity index (χ0) is 16.6. The molecule has 0 aliphatic rings. The number of aromatic carboxylic acids is 1. The van der Waals surface area contributed by atoms with Gasteiger partial charge in [-0.3, -0.25) is 4.79 Å². The highest BCUT2D eigenvalue weighted by molar-refractivity contribution is 6.08. The van der Waals surface area contributed by atoms with E-state index < -0.39 is 17.3 Å². The normalized spacial score (nSPS) is 10.7. The minimum absolute atomic E-state index is 0.0620. The van der Waals surface area contributed by atoms with E-state index in [4.69, 9.17) is 4.74 Å². The smallest absolute Gasteiger partial charge is 0.337 e. The molecule has 1 heterocycles. The number of halogens is 1. The van der Waals surface area contributed by atoms with E-state index in [1.54, 1.807) is 24.3 Å². The van der Waals surface area contributed by atoms with E-state index in [9.17, 15) is 19.1 Å². The van der Waals surface area contributed by atoms with Crippen LogP contribution in [0.2, 0.25) is 0 Å². The predicted molar refractivity (Wildman–Crippen MR) is 83.5 cm³/mol. The lowest BCUT2D eigenvalue weighted by molar-refractivity contribution is 0.0699. The average Bonchev–Trinajstić information content (AvgIpc) is 2.53. The number of carbonyl (C=O) groups is 1. The number of ether oxygens (including phenoxy) is 1. The molecule has 0 unspecified atom stereocenters. The molecule has 0 radical (unpaired) electrons. The van der Waals surface area contributed by atoms with Gasteiger partial charge < -0.3 is 14.8 Å². The Bertz CT molecular complexity index is 978. The number of pyridine rings is 1. The topological polar surface area (TPSA) is 79.4 Å². The second kappa shape index (κ2) is 5.57. The van der Waals surface area contributed by atoms with Gasteiger partial charge in [0.15, 0.2) is 0 Å². The lowest BCUT2D eigenvalue weighted by atomic mass is 9.96. The first-order chi connectivity index (χ1) is 11.0. The summed E-state index contributed by atoms with van der Waals surface area (Å²) >= 11 is 0. The number of nitrogens with one attached hydrogen (secondary N) is 1. The number of rotatable bonds is 3. The Labute approximate surface area is 130 Å². The number of benzene rings is 2. The first-order valence-corrected chi connectivity index (χ1v) is 6.75. The van der Waals surface area contributed by atoms with Crippen molar-refractivity contribution in [1.82, 2.24) is 4.98 Å². The molecule has 0 atom stereocenters. The standard InChI is InChI=1S/C17H12FNO4/c1-23-13-5-3-2-4-10(13)14-15(17(21)22)11-8-9(18)6-7-12(11)19-16(14)20/h2-8H,1H3,(H,19,20)(H,21,22). The summed E-state index contributed by atoms with van der Waals surface area (Å²) in [6.07, 6.45) is 0. The Kier molecular flexibility index (Phi) is 3.57. The minimum atomic E-state index is -1.31. The number of hydrogen-bond acceptors (Lipinski definition) is 3. The summed E-state index contributed by atoms with van der Waals surface area (Å²) in [5.74, 6) is -1.54. The van der Waals surface area contributed by atoms with Gasteiger partial charge in [-0.25, -0.2) is 9.18 Å². The molecule has 3 aromatic rings. The molecule has 0 aliphatic carbocycles. The summed E-state index contributed by atoms with van der Waals surface area (Å²) in [6, 6.07) is 10.2. The third kappa shape index (κ3) is 2.44. The highest BCUT2D eigenvalue weighted by Gasteiger charge is 2.22. The zero-order valence-electron chi connectivity index (χ0n) is 12.1. The zero-order valence-corrected chi connectivity index (χ0v) is 12.1. The van der Waals surface area contributed by atoms with Crippen LogP contribution in [0.25, 0.3) is 22.0 Å². The van der Waals surface area contributed by atoms with Crippen LogP contribution in [0.5, 0.6) is 5.75 Å². The monoisotopic (exact) mass is 313 g/mol. The lowest BCUT2D eigenvalue weighted by Crippen LogP contribution is -2.16. The van der Waals surface area contributed by atoms with Gasteiger partial charge in [-0.05, 0) is 24.3 Å². The van der Waals surface area contributed by atoms with Crippen molar-refractivity contribution in [3.05, 3.63) is 64.2 Å². The molecule has 116 valence electrons. The average molecular weight is 313 g/mol. The van der Waals surface area contributed by atoms with Crippen LogP contribution in [0.3, 0.4) is 0 Å². The van der Waals surface area contributed by atoms with Gasteiger partial charge in [0.05, 0.1) is 18.2 Å². The molecule has 0 spiro atoms. The van der Waals surface area contributed by atoms with Gasteiger partial charge >= 0.3 is 5.97 Å². The Morgan fingerprint density at radius 1 is 1.22 bits per heavy atom. The van der Waals surface area contributed by atoms with Crippen molar-refractivity contribution in [2.24, 2.45) is 0 Å². The number of para-hydroxylation sites is 1. The molecule has 0 saturated carbocycles. The summed E-state index contributed by atoms with van der Waals surface area (Å²) in [7, 11) is 1.42. The minimum Gasteiger partial charge on any atom is -0.496 e. The molecule has 0 aliphatic heterocycles. The van der Waals surface area contributed by atoms with Gasteiger partial charge in [0.2, 0.25) is 0 Å². The number of aromatic nitrogens is 1. The number of methoxy groups -OCH3 is 1. The largest absolute Gasteiger partial charge is 0.496 e. The van der Waals surface area contributed by atoms with Crippen LogP contribution < -0.4 is 10.3 Å². The first-order valence-electron chi connectivity index (χ1n) is 6.75. The van der Waals surface area contributed by atoms with Gasteiger partial charge in [0.25, 0.3) is 5.56 Å². The quantitative estimate of drug-likeness (QED) is 0.779. The Morgan fingerprint density at radius 2 is 1.96 bits per heavy atom. The molecule has 2 N–H and O–H groups in total. The summed E-state index contributed by atoms with van der Waals surface area (Å²) < 4.78 is 18.8. The van der Waals surface area contributed by atoms with Crippen molar-refractivity contribution >= 4 is 16.9 Å². The van der Waals surface area contributed by atoms with Gasteiger partial charge in [-0.1, -0.05) is 18.2 Å². The first kappa shape index (κ1) is 14.8. The summed E-state index contributed by atoms with van der Waals surface area (Å²) in [5.41, 5.74) is -0.306. The van der Waals surface area contributed by atoms with Crippen molar-refractivity contribution in [2.45, 2.75) is 0 Å². The summed E-state index contributed by atoms with van der Waals surface area (Å²) in [5, 5.41) is 9.71. The fraction of sp³-hybridized carbons (Fsp3) is 0.0588. The van der Waals surface area contributed by atoms with Crippen LogP contribution in [0.1, 0.15) is 10.4 Å². The van der Waals surface area contributed by atoms with Crippen LogP contribution >= 0.6 is 0 Å². The molecular weight excluding hydrogens is 301 g/mol. The van der Waals surface area contributed by atoms with E-state index in [-0.39, 0.29) is 22.0 Å². The predicted octanol–water partition coefficient (Wildman–Crippen LogP) is 3.04. The molecular formula is C17H12FNO4. The van der Waals surface area contributed by atoms with Gasteiger partial charge in [0.1, 0.15) is 11.6 Å². The maximum absolute atomic E-state index is 13.6. The van der Waals surface area contributed by atoms with Crippen LogP contribution in [0, 0.1) is 5.82 Å². The van der Waals surface area contributed by atoms with Crippen LogP contribution in [-0.4, -0.2) is 23.2 Å². The second-order valence-electron chi connectivity index (χ2n) is 4.90. The molecule has 5 nitrogen and oxygen atoms in total.